The third-order valence-corrected chi connectivity index (χ3v) is 3.57. The molecule has 4 heteroatoms. The largest absolute Gasteiger partial charge is 0.384 e. The Labute approximate surface area is 133 Å². The first-order valence-corrected chi connectivity index (χ1v) is 7.74. The number of hydrogen-bond donors (Lipinski definition) is 2. The molecule has 0 aliphatic carbocycles. The lowest BCUT2D eigenvalue weighted by Gasteiger charge is -2.08. The van der Waals surface area contributed by atoms with Gasteiger partial charge in [0.2, 0.25) is 5.91 Å². The highest BCUT2D eigenvalue weighted by Gasteiger charge is 2.01. The van der Waals surface area contributed by atoms with Gasteiger partial charge in [0.1, 0.15) is 0 Å². The number of aryl methyl sites for hydroxylation is 1. The monoisotopic (exact) mass is 346 g/mol. The Morgan fingerprint density at radius 1 is 1.14 bits per heavy atom. The highest BCUT2D eigenvalue weighted by molar-refractivity contribution is 9.10. The standard InChI is InChI=1S/C17H19BrN2O/c1-13-4-2-5-14(10-13)12-20-17(21)8-9-19-16-7-3-6-15(18)11-16/h2-7,10-11,19H,8-9,12H2,1H3,(H,20,21). The van der Waals surface area contributed by atoms with E-state index in [2.05, 4.69) is 32.6 Å². The summed E-state index contributed by atoms with van der Waals surface area (Å²) in [5.74, 6) is 0.0546. The van der Waals surface area contributed by atoms with E-state index in [1.54, 1.807) is 0 Å². The Bertz CT molecular complexity index is 613. The van der Waals surface area contributed by atoms with Crippen LogP contribution < -0.4 is 10.6 Å². The molecule has 0 saturated heterocycles. The van der Waals surface area contributed by atoms with Gasteiger partial charge in [-0.2, -0.15) is 0 Å². The van der Waals surface area contributed by atoms with Crippen molar-refractivity contribution in [2.24, 2.45) is 0 Å². The second kappa shape index (κ2) is 7.84. The van der Waals surface area contributed by atoms with Gasteiger partial charge in [-0.1, -0.05) is 51.8 Å². The van der Waals surface area contributed by atoms with Gasteiger partial charge in [0.25, 0.3) is 0 Å². The minimum absolute atomic E-state index is 0.0546. The summed E-state index contributed by atoms with van der Waals surface area (Å²) in [6.07, 6.45) is 0.457. The zero-order chi connectivity index (χ0) is 15.1. The van der Waals surface area contributed by atoms with E-state index >= 15 is 0 Å². The normalized spacial score (nSPS) is 10.2. The summed E-state index contributed by atoms with van der Waals surface area (Å²) in [5, 5.41) is 6.17. The van der Waals surface area contributed by atoms with E-state index in [9.17, 15) is 4.79 Å². The Kier molecular flexibility index (Phi) is 5.81. The maximum atomic E-state index is 11.8. The summed E-state index contributed by atoms with van der Waals surface area (Å²) >= 11 is 3.42. The van der Waals surface area contributed by atoms with E-state index in [1.165, 1.54) is 5.56 Å². The van der Waals surface area contributed by atoms with Gasteiger partial charge in [0.15, 0.2) is 0 Å². The van der Waals surface area contributed by atoms with Crippen LogP contribution >= 0.6 is 15.9 Å². The van der Waals surface area contributed by atoms with E-state index in [0.717, 1.165) is 15.7 Å². The summed E-state index contributed by atoms with van der Waals surface area (Å²) in [7, 11) is 0. The van der Waals surface area contributed by atoms with Crippen molar-refractivity contribution in [2.45, 2.75) is 19.9 Å². The third-order valence-electron chi connectivity index (χ3n) is 3.08. The second-order valence-corrected chi connectivity index (χ2v) is 5.87. The van der Waals surface area contributed by atoms with Crippen molar-refractivity contribution in [3.8, 4) is 0 Å². The first-order valence-electron chi connectivity index (χ1n) is 6.95. The number of carbonyl (C=O) groups is 1. The van der Waals surface area contributed by atoms with Crippen LogP contribution in [0.15, 0.2) is 53.0 Å². The lowest BCUT2D eigenvalue weighted by atomic mass is 10.1. The van der Waals surface area contributed by atoms with E-state index in [1.807, 2.05) is 49.4 Å². The van der Waals surface area contributed by atoms with Crippen molar-refractivity contribution >= 4 is 27.5 Å². The minimum Gasteiger partial charge on any atom is -0.384 e. The van der Waals surface area contributed by atoms with Crippen LogP contribution in [0.1, 0.15) is 17.5 Å². The molecule has 2 aromatic carbocycles. The molecule has 0 bridgehead atoms. The minimum atomic E-state index is 0.0546. The van der Waals surface area contributed by atoms with Crippen LogP contribution in [-0.4, -0.2) is 12.5 Å². The van der Waals surface area contributed by atoms with E-state index in [-0.39, 0.29) is 5.91 Å². The van der Waals surface area contributed by atoms with Crippen LogP contribution in [0.5, 0.6) is 0 Å². The summed E-state index contributed by atoms with van der Waals surface area (Å²) < 4.78 is 1.02. The quantitative estimate of drug-likeness (QED) is 0.833. The predicted molar refractivity (Wildman–Crippen MR) is 90.3 cm³/mol. The summed E-state index contributed by atoms with van der Waals surface area (Å²) in [6, 6.07) is 16.1. The number of halogens is 1. The van der Waals surface area contributed by atoms with Gasteiger partial charge in [0.05, 0.1) is 0 Å². The Hall–Kier alpha value is -1.81. The van der Waals surface area contributed by atoms with Gasteiger partial charge in [-0.05, 0) is 30.7 Å². The zero-order valence-corrected chi connectivity index (χ0v) is 13.6. The number of rotatable bonds is 6. The highest BCUT2D eigenvalue weighted by atomic mass is 79.9. The lowest BCUT2D eigenvalue weighted by Crippen LogP contribution is -2.24. The van der Waals surface area contributed by atoms with Gasteiger partial charge in [-0.25, -0.2) is 0 Å². The molecule has 0 aromatic heterocycles. The number of nitrogens with one attached hydrogen (secondary N) is 2. The van der Waals surface area contributed by atoms with Gasteiger partial charge < -0.3 is 10.6 Å². The average molecular weight is 347 g/mol. The van der Waals surface area contributed by atoms with Crippen molar-refractivity contribution in [2.75, 3.05) is 11.9 Å². The molecule has 0 spiro atoms. The molecule has 0 unspecified atom stereocenters. The predicted octanol–water partition coefficient (Wildman–Crippen LogP) is 3.88. The number of amides is 1. The summed E-state index contributed by atoms with van der Waals surface area (Å²) in [4.78, 5) is 11.8. The molecule has 0 atom stereocenters. The fraction of sp³-hybridized carbons (Fsp3) is 0.235. The molecule has 0 heterocycles. The summed E-state index contributed by atoms with van der Waals surface area (Å²) in [6.45, 7) is 3.25. The molecule has 0 fully saturated rings. The third kappa shape index (κ3) is 5.60. The second-order valence-electron chi connectivity index (χ2n) is 4.95. The van der Waals surface area contributed by atoms with E-state index in [4.69, 9.17) is 0 Å². The van der Waals surface area contributed by atoms with Crippen LogP contribution in [0.25, 0.3) is 0 Å². The Morgan fingerprint density at radius 2 is 1.95 bits per heavy atom. The van der Waals surface area contributed by atoms with Crippen LogP contribution in [0, 0.1) is 6.92 Å². The molecular formula is C17H19BrN2O. The molecule has 2 aromatic rings. The first kappa shape index (κ1) is 15.6. The molecule has 0 saturated carbocycles. The van der Waals surface area contributed by atoms with Crippen LogP contribution in [0.2, 0.25) is 0 Å². The average Bonchev–Trinajstić information content (AvgIpc) is 2.45. The van der Waals surface area contributed by atoms with Gasteiger partial charge in [-0.3, -0.25) is 4.79 Å². The number of hydrogen-bond acceptors (Lipinski definition) is 2. The molecule has 110 valence electrons. The van der Waals surface area contributed by atoms with Gasteiger partial charge in [-0.15, -0.1) is 0 Å². The van der Waals surface area contributed by atoms with Crippen molar-refractivity contribution in [1.29, 1.82) is 0 Å². The van der Waals surface area contributed by atoms with Crippen molar-refractivity contribution in [1.82, 2.24) is 5.32 Å². The molecule has 0 aliphatic heterocycles. The first-order chi connectivity index (χ1) is 10.1. The molecule has 2 rings (SSSR count). The highest BCUT2D eigenvalue weighted by Crippen LogP contribution is 2.15. The molecule has 0 radical (unpaired) electrons. The SMILES string of the molecule is Cc1cccc(CNC(=O)CCNc2cccc(Br)c2)c1. The van der Waals surface area contributed by atoms with Crippen molar-refractivity contribution in [3.05, 3.63) is 64.1 Å². The number of benzene rings is 2. The van der Waals surface area contributed by atoms with E-state index in [0.29, 0.717) is 19.5 Å². The Morgan fingerprint density at radius 3 is 2.71 bits per heavy atom. The lowest BCUT2D eigenvalue weighted by molar-refractivity contribution is -0.121. The number of anilines is 1. The molecule has 3 nitrogen and oxygen atoms in total. The van der Waals surface area contributed by atoms with E-state index < -0.39 is 0 Å². The maximum absolute atomic E-state index is 11.8. The maximum Gasteiger partial charge on any atom is 0.222 e. The van der Waals surface area contributed by atoms with Crippen molar-refractivity contribution in [3.63, 3.8) is 0 Å². The smallest absolute Gasteiger partial charge is 0.222 e. The summed E-state index contributed by atoms with van der Waals surface area (Å²) in [5.41, 5.74) is 3.34. The molecular weight excluding hydrogens is 328 g/mol. The van der Waals surface area contributed by atoms with Crippen LogP contribution in [-0.2, 0) is 11.3 Å². The zero-order valence-electron chi connectivity index (χ0n) is 12.0. The molecule has 0 aliphatic rings. The van der Waals surface area contributed by atoms with Gasteiger partial charge in [0, 0.05) is 29.7 Å². The van der Waals surface area contributed by atoms with Crippen LogP contribution in [0.3, 0.4) is 0 Å². The number of carbonyl (C=O) groups excluding carboxylic acids is 1. The Balaban J connectivity index is 1.70. The fourth-order valence-corrected chi connectivity index (χ4v) is 2.43. The van der Waals surface area contributed by atoms with Crippen LogP contribution in [0.4, 0.5) is 5.69 Å². The van der Waals surface area contributed by atoms with Gasteiger partial charge >= 0.3 is 0 Å². The van der Waals surface area contributed by atoms with Crippen molar-refractivity contribution < 1.29 is 4.79 Å². The topological polar surface area (TPSA) is 41.1 Å². The molecule has 21 heavy (non-hydrogen) atoms. The molecule has 1 amide bonds. The molecule has 2 N–H and O–H groups in total. The fourth-order valence-electron chi connectivity index (χ4n) is 2.03.